The summed E-state index contributed by atoms with van der Waals surface area (Å²) in [4.78, 5) is 11.5. The van der Waals surface area contributed by atoms with Crippen LogP contribution in [0.15, 0.2) is 35.5 Å². The zero-order chi connectivity index (χ0) is 13.1. The Kier molecular flexibility index (Phi) is 4.07. The van der Waals surface area contributed by atoms with Crippen molar-refractivity contribution >= 4 is 5.78 Å². The van der Waals surface area contributed by atoms with Crippen LogP contribution in [0.5, 0.6) is 0 Å². The Bertz CT molecular complexity index is 444. The van der Waals surface area contributed by atoms with Crippen LogP contribution in [0.25, 0.3) is 0 Å². The fourth-order valence-electron chi connectivity index (χ4n) is 2.38. The molecule has 0 fully saturated rings. The number of carbonyl (C=O) groups is 1. The topological polar surface area (TPSA) is 40.9 Å². The summed E-state index contributed by atoms with van der Waals surface area (Å²) >= 11 is 0. The molecule has 0 aromatic carbocycles. The monoisotopic (exact) mass is 229 g/mol. The lowest BCUT2D eigenvalue weighted by atomic mass is 9.68. The van der Waals surface area contributed by atoms with Crippen LogP contribution in [-0.2, 0) is 4.79 Å². The van der Waals surface area contributed by atoms with Crippen molar-refractivity contribution < 1.29 is 4.79 Å². The van der Waals surface area contributed by atoms with E-state index in [9.17, 15) is 4.79 Å². The van der Waals surface area contributed by atoms with E-state index in [4.69, 9.17) is 5.26 Å². The van der Waals surface area contributed by atoms with Gasteiger partial charge in [-0.15, -0.1) is 0 Å². The number of rotatable bonds is 2. The second kappa shape index (κ2) is 5.14. The average Bonchev–Trinajstić information content (AvgIpc) is 2.14. The smallest absolute Gasteiger partial charge is 0.156 e. The van der Waals surface area contributed by atoms with Crippen LogP contribution in [0, 0.1) is 22.7 Å². The molecule has 0 saturated heterocycles. The zero-order valence-corrected chi connectivity index (χ0v) is 10.9. The molecule has 90 valence electrons. The lowest BCUT2D eigenvalue weighted by molar-refractivity contribution is -0.117. The SMILES string of the molecule is CC1=CC(=O)CC(C)(C)[C@H]1/C=C/C(C)=C/C#N. The minimum absolute atomic E-state index is 0.0423. The fraction of sp³-hybridized carbons (Fsp3) is 0.467. The van der Waals surface area contributed by atoms with E-state index >= 15 is 0 Å². The number of nitrogens with zero attached hydrogens (tertiary/aromatic N) is 1. The van der Waals surface area contributed by atoms with Crippen LogP contribution in [-0.4, -0.2) is 5.78 Å². The van der Waals surface area contributed by atoms with Gasteiger partial charge in [-0.3, -0.25) is 4.79 Å². The van der Waals surface area contributed by atoms with E-state index in [2.05, 4.69) is 19.9 Å². The molecule has 0 aliphatic heterocycles. The van der Waals surface area contributed by atoms with E-state index in [1.165, 1.54) is 6.08 Å². The minimum Gasteiger partial charge on any atom is -0.295 e. The molecule has 0 N–H and O–H groups in total. The average molecular weight is 229 g/mol. The Balaban J connectivity index is 2.97. The third-order valence-electron chi connectivity index (χ3n) is 3.19. The largest absolute Gasteiger partial charge is 0.295 e. The van der Waals surface area contributed by atoms with Gasteiger partial charge in [-0.1, -0.05) is 31.6 Å². The normalized spacial score (nSPS) is 24.6. The molecule has 0 bridgehead atoms. The van der Waals surface area contributed by atoms with Gasteiger partial charge < -0.3 is 0 Å². The summed E-state index contributed by atoms with van der Waals surface area (Å²) in [6, 6.07) is 2.01. The summed E-state index contributed by atoms with van der Waals surface area (Å²) in [5.41, 5.74) is 2.00. The Labute approximate surface area is 103 Å². The molecule has 1 atom stereocenters. The summed E-state index contributed by atoms with van der Waals surface area (Å²) in [7, 11) is 0. The van der Waals surface area contributed by atoms with Crippen molar-refractivity contribution in [2.24, 2.45) is 11.3 Å². The number of hydrogen-bond donors (Lipinski definition) is 0. The number of carbonyl (C=O) groups excluding carboxylic acids is 1. The number of nitriles is 1. The molecule has 1 rings (SSSR count). The highest BCUT2D eigenvalue weighted by Crippen LogP contribution is 2.40. The summed E-state index contributed by atoms with van der Waals surface area (Å²) in [6.45, 7) is 8.12. The molecule has 1 aliphatic carbocycles. The van der Waals surface area contributed by atoms with Crippen LogP contribution >= 0.6 is 0 Å². The standard InChI is InChI=1S/C15H19NO/c1-11(7-8-16)5-6-14-12(2)9-13(17)10-15(14,3)4/h5-7,9,14H,10H2,1-4H3/b6-5+,11-7+/t14-/m0/s1. The molecular weight excluding hydrogens is 210 g/mol. The van der Waals surface area contributed by atoms with Gasteiger partial charge in [0, 0.05) is 18.4 Å². The highest BCUT2D eigenvalue weighted by Gasteiger charge is 2.34. The van der Waals surface area contributed by atoms with E-state index in [1.807, 2.05) is 26.0 Å². The molecule has 0 aromatic rings. The molecule has 0 heterocycles. The quantitative estimate of drug-likeness (QED) is 0.536. The van der Waals surface area contributed by atoms with Gasteiger partial charge >= 0.3 is 0 Å². The molecule has 2 heteroatoms. The molecule has 0 saturated carbocycles. The Morgan fingerprint density at radius 1 is 1.59 bits per heavy atom. The third kappa shape index (κ3) is 3.42. The molecule has 0 radical (unpaired) electrons. The lowest BCUT2D eigenvalue weighted by Crippen LogP contribution is -2.30. The Morgan fingerprint density at radius 2 is 2.24 bits per heavy atom. The van der Waals surface area contributed by atoms with E-state index in [0.29, 0.717) is 6.42 Å². The van der Waals surface area contributed by atoms with Crippen LogP contribution in [0.2, 0.25) is 0 Å². The van der Waals surface area contributed by atoms with Gasteiger partial charge in [-0.05, 0) is 30.9 Å². The molecule has 0 unspecified atom stereocenters. The van der Waals surface area contributed by atoms with Gasteiger partial charge in [-0.25, -0.2) is 0 Å². The summed E-state index contributed by atoms with van der Waals surface area (Å²) in [5, 5.41) is 8.55. The summed E-state index contributed by atoms with van der Waals surface area (Å²) in [5.74, 6) is 0.476. The van der Waals surface area contributed by atoms with Crippen LogP contribution in [0.4, 0.5) is 0 Å². The zero-order valence-electron chi connectivity index (χ0n) is 10.9. The van der Waals surface area contributed by atoms with Crippen molar-refractivity contribution in [2.45, 2.75) is 34.1 Å². The molecule has 0 aromatic heterocycles. The summed E-state index contributed by atoms with van der Waals surface area (Å²) < 4.78 is 0. The van der Waals surface area contributed by atoms with Crippen molar-refractivity contribution in [3.63, 3.8) is 0 Å². The van der Waals surface area contributed by atoms with Gasteiger partial charge in [0.25, 0.3) is 0 Å². The second-order valence-electron chi connectivity index (χ2n) is 5.37. The Morgan fingerprint density at radius 3 is 2.76 bits per heavy atom. The third-order valence-corrected chi connectivity index (χ3v) is 3.19. The van der Waals surface area contributed by atoms with E-state index in [0.717, 1.165) is 11.1 Å². The summed E-state index contributed by atoms with van der Waals surface area (Å²) in [6.07, 6.45) is 7.91. The minimum atomic E-state index is -0.0423. The molecule has 17 heavy (non-hydrogen) atoms. The van der Waals surface area contributed by atoms with E-state index in [-0.39, 0.29) is 17.1 Å². The number of allylic oxidation sites excluding steroid dienone is 6. The van der Waals surface area contributed by atoms with Crippen molar-refractivity contribution in [2.75, 3.05) is 0 Å². The molecule has 0 amide bonds. The number of hydrogen-bond acceptors (Lipinski definition) is 2. The lowest BCUT2D eigenvalue weighted by Gasteiger charge is -2.35. The maximum atomic E-state index is 11.5. The first-order valence-corrected chi connectivity index (χ1v) is 5.82. The van der Waals surface area contributed by atoms with Crippen LogP contribution in [0.3, 0.4) is 0 Å². The first kappa shape index (κ1) is 13.4. The van der Waals surface area contributed by atoms with Crippen molar-refractivity contribution in [3.8, 4) is 6.07 Å². The van der Waals surface area contributed by atoms with Crippen LogP contribution < -0.4 is 0 Å². The predicted octanol–water partition coefficient (Wildman–Crippen LogP) is 3.57. The fourth-order valence-corrected chi connectivity index (χ4v) is 2.38. The first-order valence-electron chi connectivity index (χ1n) is 5.82. The van der Waals surface area contributed by atoms with Gasteiger partial charge in [0.2, 0.25) is 0 Å². The highest BCUT2D eigenvalue weighted by molar-refractivity contribution is 5.92. The van der Waals surface area contributed by atoms with Crippen molar-refractivity contribution in [1.82, 2.24) is 0 Å². The highest BCUT2D eigenvalue weighted by atomic mass is 16.1. The molecule has 1 aliphatic rings. The van der Waals surface area contributed by atoms with Crippen LogP contribution in [0.1, 0.15) is 34.1 Å². The van der Waals surface area contributed by atoms with Crippen molar-refractivity contribution in [3.05, 3.63) is 35.5 Å². The molecular formula is C15H19NO. The molecule has 2 nitrogen and oxygen atoms in total. The van der Waals surface area contributed by atoms with E-state index in [1.54, 1.807) is 6.08 Å². The second-order valence-corrected chi connectivity index (χ2v) is 5.37. The maximum Gasteiger partial charge on any atom is 0.156 e. The van der Waals surface area contributed by atoms with Gasteiger partial charge in [0.05, 0.1) is 6.07 Å². The van der Waals surface area contributed by atoms with Gasteiger partial charge in [0.1, 0.15) is 0 Å². The first-order chi connectivity index (χ1) is 7.86. The predicted molar refractivity (Wildman–Crippen MR) is 69.2 cm³/mol. The maximum absolute atomic E-state index is 11.5. The van der Waals surface area contributed by atoms with Gasteiger partial charge in [0.15, 0.2) is 5.78 Å². The van der Waals surface area contributed by atoms with Gasteiger partial charge in [-0.2, -0.15) is 5.26 Å². The Hall–Kier alpha value is -1.62. The number of ketones is 1. The van der Waals surface area contributed by atoms with E-state index < -0.39 is 0 Å². The van der Waals surface area contributed by atoms with Crippen molar-refractivity contribution in [1.29, 1.82) is 5.26 Å². The molecule has 0 spiro atoms.